The van der Waals surface area contributed by atoms with Gasteiger partial charge in [0.25, 0.3) is 5.91 Å². The second kappa shape index (κ2) is 9.44. The van der Waals surface area contributed by atoms with Crippen LogP contribution in [0.15, 0.2) is 92.6 Å². The highest BCUT2D eigenvalue weighted by molar-refractivity contribution is 8.19. The lowest BCUT2D eigenvalue weighted by atomic mass is 10.1. The summed E-state index contributed by atoms with van der Waals surface area (Å²) in [6.45, 7) is 0. The van der Waals surface area contributed by atoms with Gasteiger partial charge in [0.05, 0.1) is 23.5 Å². The van der Waals surface area contributed by atoms with E-state index in [4.69, 9.17) is 9.73 Å². The van der Waals surface area contributed by atoms with Gasteiger partial charge in [0.15, 0.2) is 5.17 Å². The minimum Gasteiger partial charge on any atom is -0.497 e. The van der Waals surface area contributed by atoms with Gasteiger partial charge in [-0.3, -0.25) is 9.69 Å². The molecule has 0 radical (unpaired) electrons. The molecule has 1 saturated heterocycles. The van der Waals surface area contributed by atoms with Gasteiger partial charge >= 0.3 is 0 Å². The summed E-state index contributed by atoms with van der Waals surface area (Å²) in [5, 5.41) is 1.58. The summed E-state index contributed by atoms with van der Waals surface area (Å²) in [7, 11) is 5.41. The van der Waals surface area contributed by atoms with Gasteiger partial charge in [-0.05, 0) is 47.2 Å². The van der Waals surface area contributed by atoms with Gasteiger partial charge in [-0.1, -0.05) is 66.4 Å². The van der Waals surface area contributed by atoms with E-state index >= 15 is 0 Å². The third-order valence-corrected chi connectivity index (χ3v) is 8.08. The van der Waals surface area contributed by atoms with Crippen LogP contribution < -0.4 is 9.64 Å². The van der Waals surface area contributed by atoms with Gasteiger partial charge in [-0.2, -0.15) is 0 Å². The van der Waals surface area contributed by atoms with Crippen LogP contribution in [-0.2, 0) is 4.79 Å². The number of rotatable bonds is 4. The summed E-state index contributed by atoms with van der Waals surface area (Å²) in [5.74, 6) is 0.754. The lowest BCUT2D eigenvalue weighted by Crippen LogP contribution is -2.24. The topological polar surface area (TPSA) is 45.1 Å². The Hall–Kier alpha value is -3.42. The highest BCUT2D eigenvalue weighted by atomic mass is 32.2. The Morgan fingerprint density at radius 3 is 2.26 bits per heavy atom. The Morgan fingerprint density at radius 1 is 0.853 bits per heavy atom. The normalized spacial score (nSPS) is 18.9. The number of amidine groups is 1. The van der Waals surface area contributed by atoms with E-state index in [1.807, 2.05) is 72.6 Å². The van der Waals surface area contributed by atoms with Gasteiger partial charge in [-0.25, -0.2) is 4.99 Å². The molecule has 5 nitrogen and oxygen atoms in total. The SMILES string of the molecule is COc1ccc2c(c1)N(C)/C(=C1/SC(=Nc3ccc(/C=C/c4ccccc4)cc3)N(C)C1=O)S2. The van der Waals surface area contributed by atoms with E-state index in [0.717, 1.165) is 38.2 Å². The van der Waals surface area contributed by atoms with Crippen molar-refractivity contribution in [2.24, 2.45) is 4.99 Å². The number of hydrogen-bond acceptors (Lipinski definition) is 6. The molecule has 1 fully saturated rings. The quantitative estimate of drug-likeness (QED) is 0.313. The number of ether oxygens (including phenoxy) is 1. The highest BCUT2D eigenvalue weighted by Crippen LogP contribution is 2.50. The van der Waals surface area contributed by atoms with Crippen molar-refractivity contribution in [2.45, 2.75) is 4.90 Å². The molecule has 3 aromatic carbocycles. The number of anilines is 1. The number of carbonyl (C=O) groups is 1. The molecule has 0 N–H and O–H groups in total. The van der Waals surface area contributed by atoms with Crippen molar-refractivity contribution in [1.82, 2.24) is 4.90 Å². The standard InChI is InChI=1S/C27H23N3O2S2/c1-29-22-17-21(32-3)15-16-23(22)33-26(29)24-25(31)30(2)27(34-24)28-20-13-11-19(12-14-20)10-9-18-7-5-4-6-8-18/h4-17H,1-3H3/b10-9+,26-24-,28-27?. The lowest BCUT2D eigenvalue weighted by molar-refractivity contribution is -0.121. The molecule has 1 amide bonds. The number of thioether (sulfide) groups is 2. The Kier molecular flexibility index (Phi) is 6.22. The fraction of sp³-hybridized carbons (Fsp3) is 0.111. The fourth-order valence-corrected chi connectivity index (χ4v) is 5.97. The number of benzene rings is 3. The Bertz CT molecular complexity index is 1330. The number of aliphatic imine (C=N–C) groups is 1. The smallest absolute Gasteiger partial charge is 0.269 e. The summed E-state index contributed by atoms with van der Waals surface area (Å²) < 4.78 is 5.36. The monoisotopic (exact) mass is 485 g/mol. The van der Waals surface area contributed by atoms with Crippen molar-refractivity contribution in [3.05, 3.63) is 93.9 Å². The molecule has 0 aliphatic carbocycles. The van der Waals surface area contributed by atoms with Crippen LogP contribution in [-0.4, -0.2) is 37.2 Å². The van der Waals surface area contributed by atoms with Crippen LogP contribution in [0.3, 0.4) is 0 Å². The maximum Gasteiger partial charge on any atom is 0.269 e. The lowest BCUT2D eigenvalue weighted by Gasteiger charge is -2.15. The van der Waals surface area contributed by atoms with Crippen LogP contribution in [0.1, 0.15) is 11.1 Å². The van der Waals surface area contributed by atoms with Crippen LogP contribution >= 0.6 is 23.5 Å². The van der Waals surface area contributed by atoms with E-state index < -0.39 is 0 Å². The average molecular weight is 486 g/mol. The first-order valence-corrected chi connectivity index (χ1v) is 12.4. The molecule has 0 saturated carbocycles. The van der Waals surface area contributed by atoms with Gasteiger partial charge in [0, 0.05) is 25.1 Å². The largest absolute Gasteiger partial charge is 0.497 e. The van der Waals surface area contributed by atoms with Crippen molar-refractivity contribution >= 4 is 58.1 Å². The molecule has 0 bridgehead atoms. The summed E-state index contributed by atoms with van der Waals surface area (Å²) >= 11 is 3.01. The first kappa shape index (κ1) is 22.4. The van der Waals surface area contributed by atoms with Crippen molar-refractivity contribution in [1.29, 1.82) is 0 Å². The molecule has 7 heteroatoms. The maximum absolute atomic E-state index is 13.1. The zero-order chi connectivity index (χ0) is 23.7. The van der Waals surface area contributed by atoms with E-state index in [2.05, 4.69) is 24.3 Å². The van der Waals surface area contributed by atoms with Crippen molar-refractivity contribution in [3.63, 3.8) is 0 Å². The number of methoxy groups -OCH3 is 1. The van der Waals surface area contributed by atoms with Crippen LogP contribution in [0.2, 0.25) is 0 Å². The van der Waals surface area contributed by atoms with Crippen LogP contribution in [0.25, 0.3) is 12.2 Å². The zero-order valence-corrected chi connectivity index (χ0v) is 20.7. The number of amides is 1. The number of likely N-dealkylation sites (N-methyl/N-ethyl adjacent to an activating group) is 1. The third-order valence-electron chi connectivity index (χ3n) is 5.60. The first-order valence-electron chi connectivity index (χ1n) is 10.7. The molecule has 0 spiro atoms. The molecule has 0 unspecified atom stereocenters. The second-order valence-corrected chi connectivity index (χ2v) is 9.83. The van der Waals surface area contributed by atoms with E-state index in [1.165, 1.54) is 11.8 Å². The van der Waals surface area contributed by atoms with Crippen molar-refractivity contribution in [2.75, 3.05) is 26.1 Å². The van der Waals surface area contributed by atoms with Gasteiger partial charge in [-0.15, -0.1) is 0 Å². The van der Waals surface area contributed by atoms with Crippen molar-refractivity contribution < 1.29 is 9.53 Å². The summed E-state index contributed by atoms with van der Waals surface area (Å²) in [6.07, 6.45) is 4.16. The second-order valence-electron chi connectivity index (χ2n) is 7.83. The average Bonchev–Trinajstić information content (AvgIpc) is 3.34. The molecular weight excluding hydrogens is 462 g/mol. The summed E-state index contributed by atoms with van der Waals surface area (Å²) in [4.78, 5) is 23.3. The molecule has 3 aromatic rings. The first-order chi connectivity index (χ1) is 16.5. The molecule has 2 aliphatic heterocycles. The summed E-state index contributed by atoms with van der Waals surface area (Å²) in [5.41, 5.74) is 4.10. The van der Waals surface area contributed by atoms with Crippen LogP contribution in [0.5, 0.6) is 5.75 Å². The van der Waals surface area contributed by atoms with Crippen LogP contribution in [0.4, 0.5) is 11.4 Å². The fourth-order valence-electron chi connectivity index (χ4n) is 3.66. The molecule has 2 aliphatic rings. The number of nitrogens with zero attached hydrogens (tertiary/aromatic N) is 3. The predicted molar refractivity (Wildman–Crippen MR) is 144 cm³/mol. The highest BCUT2D eigenvalue weighted by Gasteiger charge is 2.37. The number of fused-ring (bicyclic) bond motifs is 1. The molecule has 0 aromatic heterocycles. The van der Waals surface area contributed by atoms with Gasteiger partial charge in [0.1, 0.15) is 10.7 Å². The van der Waals surface area contributed by atoms with Crippen LogP contribution in [0, 0.1) is 0 Å². The van der Waals surface area contributed by atoms with Gasteiger partial charge in [0.2, 0.25) is 0 Å². The van der Waals surface area contributed by atoms with E-state index in [0.29, 0.717) is 10.1 Å². The number of hydrogen-bond donors (Lipinski definition) is 0. The minimum absolute atomic E-state index is 0.0414. The Labute approximate surface area is 207 Å². The zero-order valence-electron chi connectivity index (χ0n) is 19.1. The third kappa shape index (κ3) is 4.36. The van der Waals surface area contributed by atoms with E-state index in [9.17, 15) is 4.79 Å². The molecular formula is C27H23N3O2S2. The Morgan fingerprint density at radius 2 is 1.56 bits per heavy atom. The molecule has 170 valence electrons. The number of carbonyl (C=O) groups excluding carboxylic acids is 1. The predicted octanol–water partition coefficient (Wildman–Crippen LogP) is 6.47. The summed E-state index contributed by atoms with van der Waals surface area (Å²) in [6, 6.07) is 24.2. The molecule has 5 rings (SSSR count). The van der Waals surface area contributed by atoms with Gasteiger partial charge < -0.3 is 9.64 Å². The molecule has 34 heavy (non-hydrogen) atoms. The van der Waals surface area contributed by atoms with E-state index in [-0.39, 0.29) is 5.91 Å². The molecule has 0 atom stereocenters. The maximum atomic E-state index is 13.1. The van der Waals surface area contributed by atoms with E-state index in [1.54, 1.807) is 30.8 Å². The van der Waals surface area contributed by atoms with Crippen molar-refractivity contribution in [3.8, 4) is 5.75 Å². The minimum atomic E-state index is -0.0414. The molecule has 2 heterocycles. The Balaban J connectivity index is 1.36.